The minimum atomic E-state index is -4.59. The van der Waals surface area contributed by atoms with Gasteiger partial charge in [-0.1, -0.05) is 61.9 Å². The Hall–Kier alpha value is -1.53. The Morgan fingerprint density at radius 2 is 1.83 bits per heavy atom. The van der Waals surface area contributed by atoms with Crippen LogP contribution in [0.1, 0.15) is 32.4 Å². The number of carboxylic acid groups (broad SMARTS) is 1. The van der Waals surface area contributed by atoms with Crippen molar-refractivity contribution in [2.45, 2.75) is 33.0 Å². The van der Waals surface area contributed by atoms with Gasteiger partial charge in [-0.3, -0.25) is 4.79 Å². The lowest BCUT2D eigenvalue weighted by Gasteiger charge is -2.04. The van der Waals surface area contributed by atoms with Crippen molar-refractivity contribution in [3.63, 3.8) is 0 Å². The second-order valence-corrected chi connectivity index (χ2v) is 6.78. The van der Waals surface area contributed by atoms with Crippen molar-refractivity contribution in [1.82, 2.24) is 0 Å². The number of carbonyl (C=O) groups is 1. The summed E-state index contributed by atoms with van der Waals surface area (Å²) in [5.41, 5.74) is 6.15. The number of hydrogen-bond acceptors (Lipinski definition) is 2. The highest BCUT2D eigenvalue weighted by atomic mass is 35.5. The van der Waals surface area contributed by atoms with Gasteiger partial charge in [-0.15, -0.1) is 0 Å². The molecule has 0 saturated heterocycles. The molecule has 0 bridgehead atoms. The van der Waals surface area contributed by atoms with E-state index in [0.717, 1.165) is 6.08 Å². The molecule has 1 aromatic carbocycles. The van der Waals surface area contributed by atoms with E-state index in [-0.39, 0.29) is 6.04 Å². The lowest BCUT2D eigenvalue weighted by Crippen LogP contribution is -2.07. The summed E-state index contributed by atoms with van der Waals surface area (Å²) in [4.78, 5) is 10.7. The Labute approximate surface area is 144 Å². The first kappa shape index (κ1) is 20.5. The second kappa shape index (κ2) is 7.57. The normalized spacial score (nSPS) is 23.8. The number of alkyl halides is 3. The third kappa shape index (κ3) is 5.24. The number of hydrogen-bond donors (Lipinski definition) is 2. The van der Waals surface area contributed by atoms with E-state index in [1.54, 1.807) is 13.8 Å². The summed E-state index contributed by atoms with van der Waals surface area (Å²) in [6.45, 7) is 5.19. The molecule has 0 aliphatic heterocycles. The highest BCUT2D eigenvalue weighted by molar-refractivity contribution is 6.30. The molecule has 1 aliphatic rings. The zero-order valence-corrected chi connectivity index (χ0v) is 14.4. The van der Waals surface area contributed by atoms with Gasteiger partial charge in [0.05, 0.1) is 5.92 Å². The topological polar surface area (TPSA) is 63.3 Å². The predicted octanol–water partition coefficient (Wildman–Crippen LogP) is 4.73. The van der Waals surface area contributed by atoms with Crippen LogP contribution in [0.15, 0.2) is 41.4 Å². The number of benzene rings is 1. The van der Waals surface area contributed by atoms with E-state index in [4.69, 9.17) is 22.4 Å². The standard InChI is InChI=1S/C9H10ClF3O2.C8H11N/c1-8(2)4(6(8)7(14)15)3-5(10)9(11,12)13;1-7(9)8-5-3-2-4-6-8/h3-4,6H,1-2H3,(H,14,15);2-7H,9H2,1H3/t4-,6-;7-/m11/s1. The van der Waals surface area contributed by atoms with Crippen LogP contribution in [0.25, 0.3) is 0 Å². The van der Waals surface area contributed by atoms with E-state index in [1.165, 1.54) is 5.56 Å². The lowest BCUT2D eigenvalue weighted by atomic mass is 10.1. The van der Waals surface area contributed by atoms with Crippen molar-refractivity contribution < 1.29 is 23.1 Å². The zero-order chi connectivity index (χ0) is 18.7. The molecule has 1 fully saturated rings. The fraction of sp³-hybridized carbons (Fsp3) is 0.471. The molecule has 24 heavy (non-hydrogen) atoms. The van der Waals surface area contributed by atoms with Gasteiger partial charge in [-0.05, 0) is 23.8 Å². The summed E-state index contributed by atoms with van der Waals surface area (Å²) in [5.74, 6) is -2.52. The van der Waals surface area contributed by atoms with Gasteiger partial charge in [0.2, 0.25) is 0 Å². The van der Waals surface area contributed by atoms with Gasteiger partial charge in [-0.2, -0.15) is 13.2 Å². The van der Waals surface area contributed by atoms with Gasteiger partial charge in [0.15, 0.2) is 0 Å². The summed E-state index contributed by atoms with van der Waals surface area (Å²) < 4.78 is 36.2. The van der Waals surface area contributed by atoms with Crippen LogP contribution in [0.3, 0.4) is 0 Å². The van der Waals surface area contributed by atoms with Crippen LogP contribution in [0.4, 0.5) is 13.2 Å². The average molecular weight is 364 g/mol. The number of rotatable bonds is 3. The predicted molar refractivity (Wildman–Crippen MR) is 87.4 cm³/mol. The van der Waals surface area contributed by atoms with Crippen LogP contribution in [-0.2, 0) is 4.79 Å². The zero-order valence-electron chi connectivity index (χ0n) is 13.6. The van der Waals surface area contributed by atoms with Gasteiger partial charge < -0.3 is 10.8 Å². The summed E-state index contributed by atoms with van der Waals surface area (Å²) in [7, 11) is 0. The van der Waals surface area contributed by atoms with Gasteiger partial charge in [0.25, 0.3) is 0 Å². The van der Waals surface area contributed by atoms with Crippen molar-refractivity contribution >= 4 is 17.6 Å². The third-order valence-electron chi connectivity index (χ3n) is 4.10. The molecule has 1 aromatic rings. The quantitative estimate of drug-likeness (QED) is 0.815. The van der Waals surface area contributed by atoms with Crippen molar-refractivity contribution in [2.75, 3.05) is 0 Å². The Bertz CT molecular complexity index is 598. The van der Waals surface area contributed by atoms with E-state index in [9.17, 15) is 18.0 Å². The fourth-order valence-corrected chi connectivity index (χ4v) is 2.60. The van der Waals surface area contributed by atoms with E-state index >= 15 is 0 Å². The van der Waals surface area contributed by atoms with Crippen molar-refractivity contribution in [3.05, 3.63) is 47.0 Å². The molecule has 1 aliphatic carbocycles. The van der Waals surface area contributed by atoms with Crippen LogP contribution >= 0.6 is 11.6 Å². The van der Waals surface area contributed by atoms with E-state index in [0.29, 0.717) is 0 Å². The minimum absolute atomic E-state index is 0.159. The molecule has 0 spiro atoms. The molecule has 3 N–H and O–H groups in total. The van der Waals surface area contributed by atoms with Crippen LogP contribution in [0.2, 0.25) is 0 Å². The molecule has 1 saturated carbocycles. The lowest BCUT2D eigenvalue weighted by molar-refractivity contribution is -0.139. The third-order valence-corrected chi connectivity index (χ3v) is 4.44. The van der Waals surface area contributed by atoms with Crippen molar-refractivity contribution in [2.24, 2.45) is 23.0 Å². The van der Waals surface area contributed by atoms with Gasteiger partial charge in [-0.25, -0.2) is 0 Å². The van der Waals surface area contributed by atoms with Gasteiger partial charge >= 0.3 is 12.1 Å². The Balaban J connectivity index is 0.000000272. The van der Waals surface area contributed by atoms with Crippen molar-refractivity contribution in [3.8, 4) is 0 Å². The molecule has 0 amide bonds. The second-order valence-electron chi connectivity index (χ2n) is 6.37. The number of allylic oxidation sites excluding steroid dienone is 2. The number of carboxylic acids is 1. The highest BCUT2D eigenvalue weighted by Gasteiger charge is 2.61. The maximum Gasteiger partial charge on any atom is 0.426 e. The molecule has 0 unspecified atom stereocenters. The molecule has 0 aromatic heterocycles. The first-order valence-corrected chi connectivity index (χ1v) is 7.74. The van der Waals surface area contributed by atoms with Crippen LogP contribution < -0.4 is 5.73 Å². The first-order chi connectivity index (χ1) is 10.9. The average Bonchev–Trinajstić information content (AvgIpc) is 3.00. The number of nitrogens with two attached hydrogens (primary N) is 1. The molecule has 2 rings (SSSR count). The van der Waals surface area contributed by atoms with Crippen LogP contribution in [0.5, 0.6) is 0 Å². The smallest absolute Gasteiger partial charge is 0.426 e. The van der Waals surface area contributed by atoms with Crippen molar-refractivity contribution in [1.29, 1.82) is 0 Å². The summed E-state index contributed by atoms with van der Waals surface area (Å²) in [6.07, 6.45) is -3.80. The molecular formula is C17H21ClF3NO2. The van der Waals surface area contributed by atoms with Crippen LogP contribution in [-0.4, -0.2) is 17.3 Å². The molecule has 7 heteroatoms. The van der Waals surface area contributed by atoms with Gasteiger partial charge in [0.1, 0.15) is 5.03 Å². The van der Waals surface area contributed by atoms with Gasteiger partial charge in [0, 0.05) is 6.04 Å². The largest absolute Gasteiger partial charge is 0.481 e. The van der Waals surface area contributed by atoms with E-state index < -0.39 is 34.4 Å². The summed E-state index contributed by atoms with van der Waals surface area (Å²) in [5, 5.41) is 7.48. The monoisotopic (exact) mass is 363 g/mol. The minimum Gasteiger partial charge on any atom is -0.481 e. The Morgan fingerprint density at radius 3 is 2.12 bits per heavy atom. The Kier molecular flexibility index (Phi) is 6.47. The molecule has 134 valence electrons. The van der Waals surface area contributed by atoms with E-state index in [1.807, 2.05) is 37.3 Å². The van der Waals surface area contributed by atoms with E-state index in [2.05, 4.69) is 0 Å². The SMILES string of the molecule is CC1(C)[C@H](C=C(Cl)C(F)(F)F)[C@@H]1C(=O)O.C[C@@H](N)c1ccccc1. The Morgan fingerprint density at radius 1 is 1.33 bits per heavy atom. The number of aliphatic carboxylic acids is 1. The first-order valence-electron chi connectivity index (χ1n) is 7.37. The molecular weight excluding hydrogens is 343 g/mol. The maximum atomic E-state index is 12.1. The number of halogens is 4. The summed E-state index contributed by atoms with van der Waals surface area (Å²) in [6, 6.07) is 10.2. The summed E-state index contributed by atoms with van der Waals surface area (Å²) >= 11 is 5.03. The van der Waals surface area contributed by atoms with Crippen LogP contribution in [0, 0.1) is 17.3 Å². The highest BCUT2D eigenvalue weighted by Crippen LogP contribution is 2.60. The molecule has 0 heterocycles. The fourth-order valence-electron chi connectivity index (χ4n) is 2.47. The molecule has 3 atom stereocenters. The molecule has 3 nitrogen and oxygen atoms in total. The maximum absolute atomic E-state index is 12.1. The molecule has 0 radical (unpaired) electrons.